The molecule has 0 amide bonds. The van der Waals surface area contributed by atoms with E-state index in [4.69, 9.17) is 38.3 Å². The minimum atomic E-state index is -0.00766. The van der Waals surface area contributed by atoms with Gasteiger partial charge in [-0.3, -0.25) is 9.80 Å². The summed E-state index contributed by atoms with van der Waals surface area (Å²) in [5, 5.41) is 9.01. The first-order chi connectivity index (χ1) is 25.0. The predicted molar refractivity (Wildman–Crippen MR) is 192 cm³/mol. The van der Waals surface area contributed by atoms with E-state index in [2.05, 4.69) is 59.3 Å². The van der Waals surface area contributed by atoms with Gasteiger partial charge in [-0.15, -0.1) is 0 Å². The van der Waals surface area contributed by atoms with Crippen molar-refractivity contribution >= 4 is 0 Å². The lowest BCUT2D eigenvalue weighted by atomic mass is 9.86. The third-order valence-electron chi connectivity index (χ3n) is 10.6. The van der Waals surface area contributed by atoms with Crippen LogP contribution >= 0.6 is 0 Å². The monoisotopic (exact) mass is 694 g/mol. The molecule has 51 heavy (non-hydrogen) atoms. The van der Waals surface area contributed by atoms with Gasteiger partial charge in [0.1, 0.15) is 5.75 Å². The van der Waals surface area contributed by atoms with Crippen LogP contribution in [0.4, 0.5) is 0 Å². The quantitative estimate of drug-likeness (QED) is 0.160. The molecule has 0 radical (unpaired) electrons. The highest BCUT2D eigenvalue weighted by Crippen LogP contribution is 2.56. The zero-order valence-electron chi connectivity index (χ0n) is 29.6. The molecule has 0 saturated heterocycles. The van der Waals surface area contributed by atoms with E-state index >= 15 is 0 Å². The molecule has 4 aromatic rings. The summed E-state index contributed by atoms with van der Waals surface area (Å²) in [6.45, 7) is 4.35. The largest absolute Gasteiger partial charge is 0.493 e. The summed E-state index contributed by atoms with van der Waals surface area (Å²) in [5.74, 6) is 5.63. The zero-order valence-corrected chi connectivity index (χ0v) is 29.6. The molecule has 0 spiro atoms. The third kappa shape index (κ3) is 6.74. The van der Waals surface area contributed by atoms with Crippen LogP contribution < -0.4 is 23.7 Å². The number of nitrogens with zero attached hydrogens (tertiary/aromatic N) is 2. The first kappa shape index (κ1) is 33.8. The van der Waals surface area contributed by atoms with Gasteiger partial charge >= 0.3 is 0 Å². The van der Waals surface area contributed by atoms with Gasteiger partial charge in [0.2, 0.25) is 5.75 Å². The number of rotatable bonds is 10. The van der Waals surface area contributed by atoms with Gasteiger partial charge in [0.15, 0.2) is 34.5 Å². The Morgan fingerprint density at radius 1 is 0.686 bits per heavy atom. The van der Waals surface area contributed by atoms with Crippen molar-refractivity contribution in [1.29, 1.82) is 0 Å². The molecule has 268 valence electrons. The first-order valence-corrected chi connectivity index (χ1v) is 17.9. The average Bonchev–Trinajstić information content (AvgIpc) is 3.15. The van der Waals surface area contributed by atoms with Crippen LogP contribution in [0.2, 0.25) is 0 Å². The van der Waals surface area contributed by atoms with Crippen LogP contribution in [-0.4, -0.2) is 88.8 Å². The molecule has 4 aromatic carbocycles. The second-order valence-corrected chi connectivity index (χ2v) is 13.6. The van der Waals surface area contributed by atoms with Crippen molar-refractivity contribution in [2.24, 2.45) is 0 Å². The van der Waals surface area contributed by atoms with E-state index in [1.165, 1.54) is 22.3 Å². The van der Waals surface area contributed by atoms with E-state index in [9.17, 15) is 0 Å². The average molecular weight is 695 g/mol. The normalized spacial score (nSPS) is 19.1. The van der Waals surface area contributed by atoms with Crippen molar-refractivity contribution in [2.75, 3.05) is 73.9 Å². The molecule has 0 fully saturated rings. The predicted octanol–water partition coefficient (Wildman–Crippen LogP) is 6.65. The molecule has 1 N–H and O–H groups in total. The number of hydrogen-bond donors (Lipinski definition) is 1. The highest BCUT2D eigenvalue weighted by atomic mass is 16.6. The molecular formula is C41H46N2O8. The topological polar surface area (TPSA) is 91.3 Å². The lowest BCUT2D eigenvalue weighted by Gasteiger charge is -2.40. The maximum atomic E-state index is 9.01. The third-order valence-corrected chi connectivity index (χ3v) is 10.6. The van der Waals surface area contributed by atoms with Crippen LogP contribution in [0.15, 0.2) is 60.7 Å². The maximum absolute atomic E-state index is 9.01. The summed E-state index contributed by atoms with van der Waals surface area (Å²) in [7, 11) is 5.57. The molecule has 10 heteroatoms. The van der Waals surface area contributed by atoms with Crippen LogP contribution in [0, 0.1) is 0 Å². The summed E-state index contributed by atoms with van der Waals surface area (Å²) in [6, 6.07) is 21.2. The fourth-order valence-corrected chi connectivity index (χ4v) is 7.95. The lowest BCUT2D eigenvalue weighted by Crippen LogP contribution is -2.39. The van der Waals surface area contributed by atoms with Crippen molar-refractivity contribution in [3.63, 3.8) is 0 Å². The Morgan fingerprint density at radius 2 is 1.41 bits per heavy atom. The van der Waals surface area contributed by atoms with Gasteiger partial charge in [0, 0.05) is 37.3 Å². The highest BCUT2D eigenvalue weighted by molar-refractivity contribution is 5.67. The molecular weight excluding hydrogens is 648 g/mol. The summed E-state index contributed by atoms with van der Waals surface area (Å²) >= 11 is 0. The number of aliphatic hydroxyl groups is 1. The SMILES string of the molecule is COc1ccc2cc1Oc1ccc(cc1)C[C@H]1c3c(cc(OC)c4c3Oc3cc5c(cc3O4)CCN(C)[C@H]5C2)CCN1CCOCCOCCO. The standard InChI is InChI=1S/C41H46N2O8/c1-42-12-10-28-23-36-37-25-31(28)32(42)21-27-6-9-34(45-2)35(22-27)49-30-7-4-26(5-8-30)20-33-39-29(24-38(46-3)40(50-36)41(39)51-37)11-13-43(33)14-16-47-18-19-48-17-15-44/h4-9,22-25,32-33,44H,10-21H2,1-3H3/t32-,33-/m0/s1. The fourth-order valence-electron chi connectivity index (χ4n) is 7.95. The van der Waals surface area contributed by atoms with Gasteiger partial charge in [0.25, 0.3) is 0 Å². The molecule has 0 saturated carbocycles. The number of fused-ring (bicyclic) bond motifs is 2. The molecule has 0 aromatic heterocycles. The molecule has 5 aliphatic heterocycles. The smallest absolute Gasteiger partial charge is 0.212 e. The minimum absolute atomic E-state index is 0.00766. The highest BCUT2D eigenvalue weighted by Gasteiger charge is 2.38. The lowest BCUT2D eigenvalue weighted by molar-refractivity contribution is 0.0216. The number of likely N-dealkylation sites (N-methyl/N-ethyl adjacent to an activating group) is 1. The molecule has 7 bridgehead atoms. The van der Waals surface area contributed by atoms with Gasteiger partial charge in [-0.05, 0) is 103 Å². The van der Waals surface area contributed by atoms with E-state index in [1.807, 2.05) is 18.2 Å². The fraction of sp³-hybridized carbons (Fsp3) is 0.415. The number of hydrogen-bond acceptors (Lipinski definition) is 10. The summed E-state index contributed by atoms with van der Waals surface area (Å²) in [4.78, 5) is 4.91. The Balaban J connectivity index is 1.22. The number of aliphatic hydroxyl groups excluding tert-OH is 1. The van der Waals surface area contributed by atoms with Gasteiger partial charge in [0.05, 0.1) is 47.3 Å². The molecule has 2 atom stereocenters. The Kier molecular flexibility index (Phi) is 9.76. The van der Waals surface area contributed by atoms with E-state index in [0.29, 0.717) is 55.2 Å². The summed E-state index contributed by atoms with van der Waals surface area (Å²) in [6.07, 6.45) is 3.31. The molecule has 9 rings (SSSR count). The maximum Gasteiger partial charge on any atom is 0.212 e. The van der Waals surface area contributed by atoms with Gasteiger partial charge in [-0.2, -0.15) is 0 Å². The van der Waals surface area contributed by atoms with Gasteiger partial charge in [-0.25, -0.2) is 0 Å². The van der Waals surface area contributed by atoms with Crippen molar-refractivity contribution in [3.05, 3.63) is 94.0 Å². The molecule has 0 aliphatic carbocycles. The van der Waals surface area contributed by atoms with Crippen molar-refractivity contribution in [2.45, 2.75) is 37.8 Å². The Morgan fingerprint density at radius 3 is 2.22 bits per heavy atom. The van der Waals surface area contributed by atoms with Gasteiger partial charge < -0.3 is 38.3 Å². The second-order valence-electron chi connectivity index (χ2n) is 13.6. The summed E-state index contributed by atoms with van der Waals surface area (Å²) in [5.41, 5.74) is 7.18. The molecule has 10 nitrogen and oxygen atoms in total. The van der Waals surface area contributed by atoms with Crippen LogP contribution in [0.25, 0.3) is 0 Å². The minimum Gasteiger partial charge on any atom is -0.493 e. The molecule has 5 heterocycles. The number of methoxy groups -OCH3 is 2. The van der Waals surface area contributed by atoms with Crippen LogP contribution in [0.3, 0.4) is 0 Å². The van der Waals surface area contributed by atoms with Crippen molar-refractivity contribution in [3.8, 4) is 46.0 Å². The van der Waals surface area contributed by atoms with Crippen molar-refractivity contribution < 1.29 is 38.3 Å². The number of benzene rings is 4. The first-order valence-electron chi connectivity index (χ1n) is 17.9. The van der Waals surface area contributed by atoms with Crippen LogP contribution in [0.5, 0.6) is 46.0 Å². The Hall–Kier alpha value is -4.32. The summed E-state index contributed by atoms with van der Waals surface area (Å²) < 4.78 is 43.3. The van der Waals surface area contributed by atoms with E-state index in [0.717, 1.165) is 73.7 Å². The Bertz CT molecular complexity index is 1880. The number of ether oxygens (including phenoxy) is 7. The van der Waals surface area contributed by atoms with E-state index < -0.39 is 0 Å². The molecule has 0 unspecified atom stereocenters. The molecule has 5 aliphatic rings. The van der Waals surface area contributed by atoms with E-state index in [-0.39, 0.29) is 18.7 Å². The zero-order chi connectivity index (χ0) is 34.9. The Labute approximate surface area is 299 Å². The van der Waals surface area contributed by atoms with Crippen molar-refractivity contribution in [1.82, 2.24) is 9.80 Å². The van der Waals surface area contributed by atoms with Crippen LogP contribution in [-0.2, 0) is 35.2 Å². The van der Waals surface area contributed by atoms with Gasteiger partial charge in [-0.1, -0.05) is 18.2 Å². The van der Waals surface area contributed by atoms with E-state index in [1.54, 1.807) is 14.2 Å². The second kappa shape index (κ2) is 14.7. The van der Waals surface area contributed by atoms with Crippen LogP contribution in [0.1, 0.15) is 45.5 Å².